The highest BCUT2D eigenvalue weighted by molar-refractivity contribution is 5.91. The Bertz CT molecular complexity index is 1640. The van der Waals surface area contributed by atoms with E-state index >= 15 is 0 Å². The van der Waals surface area contributed by atoms with Crippen molar-refractivity contribution in [2.45, 2.75) is 38.0 Å². The van der Waals surface area contributed by atoms with E-state index in [1.807, 2.05) is 36.4 Å². The van der Waals surface area contributed by atoms with E-state index in [0.717, 1.165) is 49.0 Å². The third-order valence-corrected chi connectivity index (χ3v) is 8.32. The van der Waals surface area contributed by atoms with Gasteiger partial charge < -0.3 is 10.3 Å². The van der Waals surface area contributed by atoms with Gasteiger partial charge in [0.2, 0.25) is 5.91 Å². The summed E-state index contributed by atoms with van der Waals surface area (Å²) in [5.74, 6) is -0.454. The molecule has 2 unspecified atom stereocenters. The normalized spacial score (nSPS) is 16.6. The van der Waals surface area contributed by atoms with Gasteiger partial charge in [0.15, 0.2) is 0 Å². The number of nitrogens with one attached hydrogen (secondary N) is 4. The van der Waals surface area contributed by atoms with Gasteiger partial charge in [-0.2, -0.15) is 0 Å². The molecular formula is C36H36N4O2. The molecule has 6 nitrogen and oxygen atoms in total. The fourth-order valence-electron chi connectivity index (χ4n) is 6.17. The molecule has 1 aliphatic carbocycles. The number of fused-ring (bicyclic) bond motifs is 1. The lowest BCUT2D eigenvalue weighted by molar-refractivity contribution is -0.131. The Morgan fingerprint density at radius 1 is 0.738 bits per heavy atom. The maximum atomic E-state index is 13.2. The first-order valence-corrected chi connectivity index (χ1v) is 14.8. The predicted octanol–water partition coefficient (Wildman–Crippen LogP) is 6.96. The van der Waals surface area contributed by atoms with Crippen molar-refractivity contribution in [3.05, 3.63) is 126 Å². The summed E-state index contributed by atoms with van der Waals surface area (Å²) in [6.45, 7) is 0.0856. The number of rotatable bonds is 8. The van der Waals surface area contributed by atoms with Crippen LogP contribution in [0.25, 0.3) is 22.2 Å². The summed E-state index contributed by atoms with van der Waals surface area (Å²) < 4.78 is 0. The summed E-state index contributed by atoms with van der Waals surface area (Å²) in [6, 6.07) is 37.2. The average molecular weight is 557 g/mol. The van der Waals surface area contributed by atoms with Crippen LogP contribution in [0.4, 0.5) is 5.69 Å². The van der Waals surface area contributed by atoms with Gasteiger partial charge in [0, 0.05) is 28.9 Å². The summed E-state index contributed by atoms with van der Waals surface area (Å²) in [5.41, 5.74) is 13.3. The number of amides is 2. The number of aromatic nitrogens is 1. The van der Waals surface area contributed by atoms with E-state index in [9.17, 15) is 9.59 Å². The minimum atomic E-state index is -0.281. The smallest absolute Gasteiger partial charge is 0.257 e. The molecule has 1 saturated carbocycles. The van der Waals surface area contributed by atoms with Crippen molar-refractivity contribution >= 4 is 28.4 Å². The van der Waals surface area contributed by atoms with E-state index in [1.54, 1.807) is 0 Å². The molecule has 2 amide bonds. The van der Waals surface area contributed by atoms with Crippen LogP contribution in [0.15, 0.2) is 109 Å². The standard InChI is InChI=1S/C36H36N4O2/c41-34(24-37-28-13-5-2-6-14-28)39-40-36(42)31-17-8-7-15-29(31)26-21-19-25(20-22-26)23-32-30-16-9-10-18-33(30)38-35(32)27-11-3-1-4-12-27/h1-6,9-14,16,18-22,29,31,37-38H,7-8,15,17,23-24H2,(H,39,41)(H,40,42). The van der Waals surface area contributed by atoms with Gasteiger partial charge in [0.05, 0.1) is 12.2 Å². The summed E-state index contributed by atoms with van der Waals surface area (Å²) in [6.07, 6.45) is 4.69. The average Bonchev–Trinajstić information content (AvgIpc) is 3.42. The maximum absolute atomic E-state index is 13.2. The molecule has 1 heterocycles. The Balaban J connectivity index is 1.13. The molecule has 1 aliphatic rings. The van der Waals surface area contributed by atoms with Crippen LogP contribution in [0.5, 0.6) is 0 Å². The van der Waals surface area contributed by atoms with Crippen molar-refractivity contribution in [3.8, 4) is 11.3 Å². The van der Waals surface area contributed by atoms with Crippen LogP contribution in [0.2, 0.25) is 0 Å². The van der Waals surface area contributed by atoms with Gasteiger partial charge in [-0.3, -0.25) is 20.4 Å². The highest BCUT2D eigenvalue weighted by atomic mass is 16.2. The number of H-pyrrole nitrogens is 1. The number of hydrogen-bond acceptors (Lipinski definition) is 3. The fourth-order valence-corrected chi connectivity index (χ4v) is 6.17. The zero-order valence-electron chi connectivity index (χ0n) is 23.6. The fraction of sp³-hybridized carbons (Fsp3) is 0.222. The lowest BCUT2D eigenvalue weighted by atomic mass is 9.75. The second-order valence-corrected chi connectivity index (χ2v) is 11.1. The Kier molecular flexibility index (Phi) is 8.31. The lowest BCUT2D eigenvalue weighted by Crippen LogP contribution is -2.48. The number of para-hydroxylation sites is 2. The van der Waals surface area contributed by atoms with Crippen LogP contribution in [-0.2, 0) is 16.0 Å². The van der Waals surface area contributed by atoms with E-state index in [1.165, 1.54) is 27.6 Å². The van der Waals surface area contributed by atoms with Crippen LogP contribution in [0.3, 0.4) is 0 Å². The SMILES string of the molecule is O=C(CNc1ccccc1)NNC(=O)C1CCCCC1c1ccc(Cc2c(-c3ccccc3)[nH]c3ccccc23)cc1. The highest BCUT2D eigenvalue weighted by Gasteiger charge is 2.32. The van der Waals surface area contributed by atoms with Crippen LogP contribution in [0.1, 0.15) is 48.3 Å². The Labute approximate surface area is 246 Å². The zero-order chi connectivity index (χ0) is 28.7. The number of aromatic amines is 1. The first-order valence-electron chi connectivity index (χ1n) is 14.8. The van der Waals surface area contributed by atoms with Gasteiger partial charge in [0.25, 0.3) is 5.91 Å². The summed E-state index contributed by atoms with van der Waals surface area (Å²) in [7, 11) is 0. The molecule has 4 aromatic carbocycles. The van der Waals surface area contributed by atoms with E-state index in [2.05, 4.69) is 93.9 Å². The summed E-state index contributed by atoms with van der Waals surface area (Å²) in [5, 5.41) is 4.30. The summed E-state index contributed by atoms with van der Waals surface area (Å²) >= 11 is 0. The van der Waals surface area contributed by atoms with Crippen molar-refractivity contribution in [2.75, 3.05) is 11.9 Å². The van der Waals surface area contributed by atoms with E-state index in [-0.39, 0.29) is 30.2 Å². The van der Waals surface area contributed by atoms with Crippen molar-refractivity contribution in [1.29, 1.82) is 0 Å². The zero-order valence-corrected chi connectivity index (χ0v) is 23.6. The molecule has 0 aliphatic heterocycles. The molecule has 0 bridgehead atoms. The van der Waals surface area contributed by atoms with Gasteiger partial charge >= 0.3 is 0 Å². The molecule has 1 aromatic heterocycles. The molecule has 0 radical (unpaired) electrons. The quantitative estimate of drug-likeness (QED) is 0.156. The third-order valence-electron chi connectivity index (χ3n) is 8.32. The first-order chi connectivity index (χ1) is 20.7. The van der Waals surface area contributed by atoms with Crippen molar-refractivity contribution in [3.63, 3.8) is 0 Å². The molecule has 42 heavy (non-hydrogen) atoms. The van der Waals surface area contributed by atoms with Gasteiger partial charge in [-0.1, -0.05) is 104 Å². The van der Waals surface area contributed by atoms with Crippen molar-refractivity contribution in [1.82, 2.24) is 15.8 Å². The molecule has 1 fully saturated rings. The molecule has 0 spiro atoms. The van der Waals surface area contributed by atoms with Gasteiger partial charge in [-0.25, -0.2) is 0 Å². The van der Waals surface area contributed by atoms with E-state index in [0.29, 0.717) is 0 Å². The maximum Gasteiger partial charge on any atom is 0.257 e. The second-order valence-electron chi connectivity index (χ2n) is 11.1. The molecule has 5 aromatic rings. The molecule has 212 valence electrons. The topological polar surface area (TPSA) is 86.0 Å². The second kappa shape index (κ2) is 12.8. The van der Waals surface area contributed by atoms with Crippen LogP contribution in [0, 0.1) is 5.92 Å². The lowest BCUT2D eigenvalue weighted by Gasteiger charge is -2.31. The minimum Gasteiger partial charge on any atom is -0.376 e. The van der Waals surface area contributed by atoms with Crippen molar-refractivity contribution in [2.24, 2.45) is 5.92 Å². The number of carbonyl (C=O) groups is 2. The third kappa shape index (κ3) is 6.23. The molecule has 0 saturated heterocycles. The Morgan fingerprint density at radius 2 is 1.43 bits per heavy atom. The van der Waals surface area contributed by atoms with Crippen molar-refractivity contribution < 1.29 is 9.59 Å². The summed E-state index contributed by atoms with van der Waals surface area (Å²) in [4.78, 5) is 29.2. The molecular weight excluding hydrogens is 520 g/mol. The monoisotopic (exact) mass is 556 g/mol. The Morgan fingerprint density at radius 3 is 2.21 bits per heavy atom. The molecule has 4 N–H and O–H groups in total. The number of hydrogen-bond donors (Lipinski definition) is 4. The molecule has 2 atom stereocenters. The largest absolute Gasteiger partial charge is 0.376 e. The molecule has 6 heteroatoms. The minimum absolute atomic E-state index is 0.0856. The van der Waals surface area contributed by atoms with Gasteiger partial charge in [-0.05, 0) is 59.2 Å². The van der Waals surface area contributed by atoms with Crippen LogP contribution < -0.4 is 16.2 Å². The predicted molar refractivity (Wildman–Crippen MR) is 169 cm³/mol. The highest BCUT2D eigenvalue weighted by Crippen LogP contribution is 2.38. The number of benzene rings is 4. The van der Waals surface area contributed by atoms with Gasteiger partial charge in [0.1, 0.15) is 0 Å². The van der Waals surface area contributed by atoms with Crippen LogP contribution in [-0.4, -0.2) is 23.3 Å². The molecule has 6 rings (SSSR count). The van der Waals surface area contributed by atoms with Gasteiger partial charge in [-0.15, -0.1) is 0 Å². The van der Waals surface area contributed by atoms with E-state index in [4.69, 9.17) is 0 Å². The first kappa shape index (κ1) is 27.3. The van der Waals surface area contributed by atoms with E-state index < -0.39 is 0 Å². The Hall–Kier alpha value is -4.84. The van der Waals surface area contributed by atoms with Crippen LogP contribution >= 0.6 is 0 Å². The number of anilines is 1. The number of carbonyl (C=O) groups excluding carboxylic acids is 2. The number of hydrazine groups is 1.